The number of rotatable bonds is 3. The first-order valence-electron chi connectivity index (χ1n) is 6.13. The van der Waals surface area contributed by atoms with Crippen LogP contribution in [0, 0.1) is 0 Å². The van der Waals surface area contributed by atoms with E-state index in [2.05, 4.69) is 22.0 Å². The number of nitrogens with zero attached hydrogens (tertiary/aromatic N) is 1. The number of halogens is 1. The van der Waals surface area contributed by atoms with E-state index in [1.807, 2.05) is 4.90 Å². The van der Waals surface area contributed by atoms with Gasteiger partial charge in [-0.2, -0.15) is 0 Å². The zero-order valence-electron chi connectivity index (χ0n) is 10.9. The molecule has 1 aromatic rings. The molecule has 4 nitrogen and oxygen atoms in total. The van der Waals surface area contributed by atoms with Gasteiger partial charge in [0, 0.05) is 35.9 Å². The van der Waals surface area contributed by atoms with E-state index in [0.29, 0.717) is 24.4 Å². The molecule has 0 aliphatic carbocycles. The van der Waals surface area contributed by atoms with Crippen molar-refractivity contribution in [3.63, 3.8) is 0 Å². The number of carbonyl (C=O) groups excluding carboxylic acids is 1. The summed E-state index contributed by atoms with van der Waals surface area (Å²) in [6, 6.07) is 5.27. The maximum Gasteiger partial charge on any atom is 0.254 e. The molecule has 0 aromatic heterocycles. The van der Waals surface area contributed by atoms with Gasteiger partial charge in [0.2, 0.25) is 0 Å². The van der Waals surface area contributed by atoms with Crippen LogP contribution in [0.2, 0.25) is 0 Å². The average molecular weight is 325 g/mol. The molecule has 0 saturated carbocycles. The average Bonchev–Trinajstić information content (AvgIpc) is 2.42. The fourth-order valence-corrected chi connectivity index (χ4v) is 2.43. The Labute approximate surface area is 121 Å². The van der Waals surface area contributed by atoms with Gasteiger partial charge in [-0.05, 0) is 46.1 Å². The second kappa shape index (κ2) is 6.21. The fourth-order valence-electron chi connectivity index (χ4n) is 2.05. The molecule has 19 heavy (non-hydrogen) atoms. The van der Waals surface area contributed by atoms with Crippen LogP contribution < -0.4 is 5.73 Å². The van der Waals surface area contributed by atoms with E-state index >= 15 is 0 Å². The first-order chi connectivity index (χ1) is 9.11. The molecule has 2 rings (SSSR count). The van der Waals surface area contributed by atoms with Gasteiger partial charge in [-0.15, -0.1) is 0 Å². The predicted molar refractivity (Wildman–Crippen MR) is 79.0 cm³/mol. The van der Waals surface area contributed by atoms with Gasteiger partial charge in [-0.3, -0.25) is 4.79 Å². The molecule has 5 heteroatoms. The summed E-state index contributed by atoms with van der Waals surface area (Å²) in [5.41, 5.74) is 8.27. The molecule has 0 bridgehead atoms. The van der Waals surface area contributed by atoms with Crippen LogP contribution in [0.25, 0.3) is 0 Å². The molecule has 1 aliphatic heterocycles. The number of methoxy groups -OCH3 is 1. The molecule has 0 atom stereocenters. The predicted octanol–water partition coefficient (Wildman–Crippen LogP) is 2.45. The van der Waals surface area contributed by atoms with Crippen molar-refractivity contribution in [2.75, 3.05) is 32.5 Å². The van der Waals surface area contributed by atoms with E-state index in [-0.39, 0.29) is 5.91 Å². The minimum atomic E-state index is 0.0356. The van der Waals surface area contributed by atoms with Crippen LogP contribution >= 0.6 is 15.9 Å². The summed E-state index contributed by atoms with van der Waals surface area (Å²) in [6.45, 7) is 2.02. The maximum absolute atomic E-state index is 12.3. The van der Waals surface area contributed by atoms with E-state index in [0.717, 1.165) is 17.4 Å². The lowest BCUT2D eigenvalue weighted by atomic mass is 10.1. The summed E-state index contributed by atoms with van der Waals surface area (Å²) in [6.07, 6.45) is 2.94. The van der Waals surface area contributed by atoms with E-state index in [1.54, 1.807) is 25.3 Å². The third kappa shape index (κ3) is 3.36. The van der Waals surface area contributed by atoms with E-state index in [4.69, 9.17) is 10.5 Å². The zero-order chi connectivity index (χ0) is 13.8. The molecular formula is C14H17BrN2O2. The van der Waals surface area contributed by atoms with Gasteiger partial charge in [-0.1, -0.05) is 6.08 Å². The van der Waals surface area contributed by atoms with E-state index < -0.39 is 0 Å². The first-order valence-corrected chi connectivity index (χ1v) is 6.92. The topological polar surface area (TPSA) is 55.6 Å². The van der Waals surface area contributed by atoms with Gasteiger partial charge in [0.05, 0.1) is 6.61 Å². The van der Waals surface area contributed by atoms with E-state index in [9.17, 15) is 4.79 Å². The van der Waals surface area contributed by atoms with Crippen molar-refractivity contribution in [1.82, 2.24) is 4.90 Å². The zero-order valence-corrected chi connectivity index (χ0v) is 12.4. The Morgan fingerprint density at radius 1 is 1.53 bits per heavy atom. The van der Waals surface area contributed by atoms with E-state index in [1.165, 1.54) is 5.57 Å². The Kier molecular flexibility index (Phi) is 4.61. The number of benzene rings is 1. The molecule has 1 amide bonds. The highest BCUT2D eigenvalue weighted by Crippen LogP contribution is 2.22. The third-order valence-electron chi connectivity index (χ3n) is 3.17. The molecule has 0 saturated heterocycles. The highest BCUT2D eigenvalue weighted by Gasteiger charge is 2.19. The lowest BCUT2D eigenvalue weighted by Gasteiger charge is -2.26. The lowest BCUT2D eigenvalue weighted by Crippen LogP contribution is -2.35. The van der Waals surface area contributed by atoms with Crippen LogP contribution in [0.5, 0.6) is 0 Å². The molecule has 1 aromatic carbocycles. The maximum atomic E-state index is 12.3. The normalized spacial score (nSPS) is 15.3. The monoisotopic (exact) mass is 324 g/mol. The SMILES string of the molecule is COCC1=CCN(C(=O)c2ccc(N)c(Br)c2)CC1. The van der Waals surface area contributed by atoms with Gasteiger partial charge in [0.1, 0.15) is 0 Å². The molecule has 0 radical (unpaired) electrons. The summed E-state index contributed by atoms with van der Waals surface area (Å²) >= 11 is 3.34. The summed E-state index contributed by atoms with van der Waals surface area (Å²) in [7, 11) is 1.68. The fraction of sp³-hybridized carbons (Fsp3) is 0.357. The van der Waals surface area contributed by atoms with Crippen molar-refractivity contribution in [1.29, 1.82) is 0 Å². The highest BCUT2D eigenvalue weighted by atomic mass is 79.9. The Bertz CT molecular complexity index is 514. The van der Waals surface area contributed by atoms with Crippen molar-refractivity contribution in [2.24, 2.45) is 0 Å². The molecule has 0 spiro atoms. The van der Waals surface area contributed by atoms with Gasteiger partial charge < -0.3 is 15.4 Å². The van der Waals surface area contributed by atoms with Crippen LogP contribution in [0.4, 0.5) is 5.69 Å². The molecule has 1 heterocycles. The molecule has 0 fully saturated rings. The van der Waals surface area contributed by atoms with Crippen LogP contribution in [-0.4, -0.2) is 37.6 Å². The number of amides is 1. The number of anilines is 1. The van der Waals surface area contributed by atoms with Crippen LogP contribution in [0.3, 0.4) is 0 Å². The third-order valence-corrected chi connectivity index (χ3v) is 3.85. The van der Waals surface area contributed by atoms with Crippen molar-refractivity contribution in [2.45, 2.75) is 6.42 Å². The quantitative estimate of drug-likeness (QED) is 0.686. The Morgan fingerprint density at radius 3 is 2.89 bits per heavy atom. The molecule has 102 valence electrons. The van der Waals surface area contributed by atoms with Gasteiger partial charge in [0.15, 0.2) is 0 Å². The highest BCUT2D eigenvalue weighted by molar-refractivity contribution is 9.10. The standard InChI is InChI=1S/C14H17BrN2O2/c1-19-9-10-4-6-17(7-5-10)14(18)11-2-3-13(16)12(15)8-11/h2-4,8H,5-7,9,16H2,1H3. The van der Waals surface area contributed by atoms with Crippen LogP contribution in [-0.2, 0) is 4.74 Å². The second-order valence-electron chi connectivity index (χ2n) is 4.53. The summed E-state index contributed by atoms with van der Waals surface area (Å²) in [4.78, 5) is 14.2. The number of hydrogen-bond donors (Lipinski definition) is 1. The largest absolute Gasteiger partial charge is 0.398 e. The Balaban J connectivity index is 2.07. The number of nitrogen functional groups attached to an aromatic ring is 1. The second-order valence-corrected chi connectivity index (χ2v) is 5.39. The number of hydrogen-bond acceptors (Lipinski definition) is 3. The first kappa shape index (κ1) is 14.1. The van der Waals surface area contributed by atoms with Gasteiger partial charge in [-0.25, -0.2) is 0 Å². The molecule has 2 N–H and O–H groups in total. The van der Waals surface area contributed by atoms with Crippen LogP contribution in [0.1, 0.15) is 16.8 Å². The summed E-state index contributed by atoms with van der Waals surface area (Å²) in [5, 5.41) is 0. The molecular weight excluding hydrogens is 308 g/mol. The van der Waals surface area contributed by atoms with Crippen molar-refractivity contribution < 1.29 is 9.53 Å². The minimum Gasteiger partial charge on any atom is -0.398 e. The molecule has 0 unspecified atom stereocenters. The van der Waals surface area contributed by atoms with Crippen molar-refractivity contribution in [3.05, 3.63) is 39.9 Å². The molecule has 1 aliphatic rings. The van der Waals surface area contributed by atoms with Gasteiger partial charge >= 0.3 is 0 Å². The number of ether oxygens (including phenoxy) is 1. The minimum absolute atomic E-state index is 0.0356. The lowest BCUT2D eigenvalue weighted by molar-refractivity contribution is 0.0765. The van der Waals surface area contributed by atoms with Crippen molar-refractivity contribution in [3.8, 4) is 0 Å². The summed E-state index contributed by atoms with van der Waals surface area (Å²) in [5.74, 6) is 0.0356. The Morgan fingerprint density at radius 2 is 2.32 bits per heavy atom. The smallest absolute Gasteiger partial charge is 0.254 e. The number of carbonyl (C=O) groups is 1. The summed E-state index contributed by atoms with van der Waals surface area (Å²) < 4.78 is 5.85. The van der Waals surface area contributed by atoms with Crippen molar-refractivity contribution >= 4 is 27.5 Å². The number of nitrogens with two attached hydrogens (primary N) is 1. The van der Waals surface area contributed by atoms with Gasteiger partial charge in [0.25, 0.3) is 5.91 Å². The van der Waals surface area contributed by atoms with Crippen LogP contribution in [0.15, 0.2) is 34.3 Å². The Hall–Kier alpha value is -1.33.